The molecule has 2 heterocycles. The van der Waals surface area contributed by atoms with E-state index < -0.39 is 0 Å². The average molecular weight is 249 g/mol. The summed E-state index contributed by atoms with van der Waals surface area (Å²) in [6, 6.07) is 3.06. The van der Waals surface area contributed by atoms with Crippen molar-refractivity contribution in [2.45, 2.75) is 25.3 Å². The Morgan fingerprint density at radius 1 is 1.41 bits per heavy atom. The predicted octanol–water partition coefficient (Wildman–Crippen LogP) is 2.68. The van der Waals surface area contributed by atoms with Crippen LogP contribution >= 0.6 is 11.3 Å². The molecule has 0 unspecified atom stereocenters. The summed E-state index contributed by atoms with van der Waals surface area (Å²) in [4.78, 5) is 9.78. The molecule has 88 valence electrons. The Morgan fingerprint density at radius 2 is 2.24 bits per heavy atom. The fourth-order valence-corrected chi connectivity index (χ4v) is 2.80. The van der Waals surface area contributed by atoms with E-state index in [4.69, 9.17) is 5.73 Å². The number of nitrogens with two attached hydrogens (primary N) is 1. The van der Waals surface area contributed by atoms with Crippen LogP contribution in [0.1, 0.15) is 29.3 Å². The second kappa shape index (κ2) is 4.16. The molecule has 2 aromatic heterocycles. The van der Waals surface area contributed by atoms with E-state index in [0.29, 0.717) is 12.5 Å². The van der Waals surface area contributed by atoms with E-state index in [-0.39, 0.29) is 5.82 Å². The number of hydrogen-bond acceptors (Lipinski definition) is 4. The summed E-state index contributed by atoms with van der Waals surface area (Å²) in [6.45, 7) is 0.519. The molecule has 0 amide bonds. The topological polar surface area (TPSA) is 51.8 Å². The van der Waals surface area contributed by atoms with Crippen molar-refractivity contribution in [3.05, 3.63) is 34.7 Å². The van der Waals surface area contributed by atoms with Gasteiger partial charge in [0.1, 0.15) is 10.8 Å². The van der Waals surface area contributed by atoms with Gasteiger partial charge >= 0.3 is 0 Å². The van der Waals surface area contributed by atoms with Gasteiger partial charge in [0.15, 0.2) is 0 Å². The number of nitrogens with zero attached hydrogens (tertiary/aromatic N) is 2. The van der Waals surface area contributed by atoms with E-state index in [9.17, 15) is 4.39 Å². The first-order chi connectivity index (χ1) is 8.28. The minimum absolute atomic E-state index is 0.327. The van der Waals surface area contributed by atoms with Crippen LogP contribution in [0, 0.1) is 5.82 Å². The molecule has 0 aliphatic heterocycles. The van der Waals surface area contributed by atoms with Gasteiger partial charge in [-0.3, -0.25) is 4.98 Å². The zero-order valence-corrected chi connectivity index (χ0v) is 10.0. The number of hydrogen-bond donors (Lipinski definition) is 1. The van der Waals surface area contributed by atoms with E-state index >= 15 is 0 Å². The fraction of sp³-hybridized carbons (Fsp3) is 0.333. The van der Waals surface area contributed by atoms with Crippen molar-refractivity contribution in [2.24, 2.45) is 5.73 Å². The van der Waals surface area contributed by atoms with Crippen LogP contribution in [0.2, 0.25) is 0 Å². The molecule has 0 radical (unpaired) electrons. The molecule has 0 spiro atoms. The molecule has 17 heavy (non-hydrogen) atoms. The Labute approximate surface area is 103 Å². The summed E-state index contributed by atoms with van der Waals surface area (Å²) in [5.74, 6) is 0.255. The first-order valence-corrected chi connectivity index (χ1v) is 6.41. The third kappa shape index (κ3) is 2.08. The van der Waals surface area contributed by atoms with Gasteiger partial charge in [0.05, 0.1) is 17.6 Å². The van der Waals surface area contributed by atoms with Gasteiger partial charge in [-0.2, -0.15) is 0 Å². The van der Waals surface area contributed by atoms with E-state index in [1.165, 1.54) is 25.1 Å². The van der Waals surface area contributed by atoms with E-state index in [1.54, 1.807) is 17.4 Å². The highest BCUT2D eigenvalue weighted by Crippen LogP contribution is 2.43. The highest BCUT2D eigenvalue weighted by atomic mass is 32.1. The molecule has 2 N–H and O–H groups in total. The Kier molecular flexibility index (Phi) is 2.64. The van der Waals surface area contributed by atoms with Crippen molar-refractivity contribution >= 4 is 11.3 Å². The molecule has 3 nitrogen and oxygen atoms in total. The van der Waals surface area contributed by atoms with Crippen LogP contribution in [0.5, 0.6) is 0 Å². The van der Waals surface area contributed by atoms with Crippen molar-refractivity contribution in [2.75, 3.05) is 0 Å². The van der Waals surface area contributed by atoms with Gasteiger partial charge < -0.3 is 5.73 Å². The standard InChI is InChI=1S/C12H12FN3S/c13-8-3-4-9(15-6-8)12-16-11(7-1-2-7)10(5-14)17-12/h3-4,6-7H,1-2,5,14H2. The van der Waals surface area contributed by atoms with Crippen molar-refractivity contribution in [1.82, 2.24) is 9.97 Å². The monoisotopic (exact) mass is 249 g/mol. The number of rotatable bonds is 3. The van der Waals surface area contributed by atoms with Gasteiger partial charge in [0.25, 0.3) is 0 Å². The van der Waals surface area contributed by atoms with E-state index in [0.717, 1.165) is 21.3 Å². The highest BCUT2D eigenvalue weighted by molar-refractivity contribution is 7.15. The van der Waals surface area contributed by atoms with Crippen molar-refractivity contribution < 1.29 is 4.39 Å². The van der Waals surface area contributed by atoms with Gasteiger partial charge in [-0.25, -0.2) is 9.37 Å². The lowest BCUT2D eigenvalue weighted by atomic mass is 10.2. The van der Waals surface area contributed by atoms with Crippen molar-refractivity contribution in [1.29, 1.82) is 0 Å². The predicted molar refractivity (Wildman–Crippen MR) is 65.2 cm³/mol. The molecule has 1 aliphatic rings. The highest BCUT2D eigenvalue weighted by Gasteiger charge is 2.29. The molecule has 0 atom stereocenters. The van der Waals surface area contributed by atoms with Crippen molar-refractivity contribution in [3.63, 3.8) is 0 Å². The maximum atomic E-state index is 12.8. The summed E-state index contributed by atoms with van der Waals surface area (Å²) in [6.07, 6.45) is 3.62. The van der Waals surface area contributed by atoms with Gasteiger partial charge in [0, 0.05) is 17.3 Å². The smallest absolute Gasteiger partial charge is 0.142 e. The number of aromatic nitrogens is 2. The van der Waals surface area contributed by atoms with Crippen LogP contribution < -0.4 is 5.73 Å². The molecular formula is C12H12FN3S. The van der Waals surface area contributed by atoms with Crippen LogP contribution in [0.3, 0.4) is 0 Å². The third-order valence-corrected chi connectivity index (χ3v) is 3.94. The number of pyridine rings is 1. The van der Waals surface area contributed by atoms with Crippen LogP contribution in [-0.2, 0) is 6.54 Å². The largest absolute Gasteiger partial charge is 0.326 e. The molecule has 0 bridgehead atoms. The van der Waals surface area contributed by atoms with E-state index in [2.05, 4.69) is 9.97 Å². The fourth-order valence-electron chi connectivity index (χ4n) is 1.80. The van der Waals surface area contributed by atoms with Crippen LogP contribution in [0.15, 0.2) is 18.3 Å². The molecule has 1 fully saturated rings. The lowest BCUT2D eigenvalue weighted by Crippen LogP contribution is -1.96. The summed E-state index contributed by atoms with van der Waals surface area (Å²) < 4.78 is 12.8. The Morgan fingerprint density at radius 3 is 2.82 bits per heavy atom. The van der Waals surface area contributed by atoms with Gasteiger partial charge in [-0.1, -0.05) is 0 Å². The van der Waals surface area contributed by atoms with Gasteiger partial charge in [0.2, 0.25) is 0 Å². The maximum Gasteiger partial charge on any atom is 0.142 e. The summed E-state index contributed by atoms with van der Waals surface area (Å²) in [5.41, 5.74) is 7.57. The van der Waals surface area contributed by atoms with Crippen LogP contribution in [0.4, 0.5) is 4.39 Å². The first kappa shape index (κ1) is 10.8. The molecule has 0 aromatic carbocycles. The van der Waals surface area contributed by atoms with Crippen LogP contribution in [0.25, 0.3) is 10.7 Å². The second-order valence-corrected chi connectivity index (χ2v) is 5.25. The first-order valence-electron chi connectivity index (χ1n) is 5.59. The minimum Gasteiger partial charge on any atom is -0.326 e. The Hall–Kier alpha value is -1.33. The molecule has 2 aromatic rings. The minimum atomic E-state index is -0.327. The normalized spacial score (nSPS) is 15.2. The third-order valence-electron chi connectivity index (χ3n) is 2.82. The molecule has 1 saturated carbocycles. The quantitative estimate of drug-likeness (QED) is 0.909. The zero-order chi connectivity index (χ0) is 11.8. The van der Waals surface area contributed by atoms with Gasteiger partial charge in [-0.15, -0.1) is 11.3 Å². The molecular weight excluding hydrogens is 237 g/mol. The van der Waals surface area contributed by atoms with Crippen molar-refractivity contribution in [3.8, 4) is 10.7 Å². The molecule has 0 saturated heterocycles. The van der Waals surface area contributed by atoms with Crippen LogP contribution in [-0.4, -0.2) is 9.97 Å². The zero-order valence-electron chi connectivity index (χ0n) is 9.19. The molecule has 1 aliphatic carbocycles. The average Bonchev–Trinajstić information content (AvgIpc) is 3.10. The number of halogens is 1. The SMILES string of the molecule is NCc1sc(-c2ccc(F)cn2)nc1C1CC1. The summed E-state index contributed by atoms with van der Waals surface area (Å²) in [5, 5.41) is 0.840. The lowest BCUT2D eigenvalue weighted by molar-refractivity contribution is 0.622. The van der Waals surface area contributed by atoms with Gasteiger partial charge in [-0.05, 0) is 25.0 Å². The Balaban J connectivity index is 2.00. The second-order valence-electron chi connectivity index (χ2n) is 4.17. The summed E-state index contributed by atoms with van der Waals surface area (Å²) >= 11 is 1.57. The molecule has 3 rings (SSSR count). The number of thiazole rings is 1. The lowest BCUT2D eigenvalue weighted by Gasteiger charge is -1.94. The molecule has 5 heteroatoms. The van der Waals surface area contributed by atoms with E-state index in [1.807, 2.05) is 0 Å². The summed E-state index contributed by atoms with van der Waals surface area (Å²) in [7, 11) is 0. The maximum absolute atomic E-state index is 12.8. The Bertz CT molecular complexity index is 531.